The van der Waals surface area contributed by atoms with Gasteiger partial charge in [0.1, 0.15) is 0 Å². The van der Waals surface area contributed by atoms with Crippen molar-refractivity contribution in [1.29, 1.82) is 0 Å². The lowest BCUT2D eigenvalue weighted by atomic mass is 10.1. The number of hydrogen-bond acceptors (Lipinski definition) is 2. The van der Waals surface area contributed by atoms with E-state index in [0.29, 0.717) is 0 Å². The van der Waals surface area contributed by atoms with E-state index in [4.69, 9.17) is 12.8 Å². The topological polar surface area (TPSA) is 0 Å². The fraction of sp³-hybridized carbons (Fsp3) is 0.143. The predicted molar refractivity (Wildman–Crippen MR) is 73.0 cm³/mol. The van der Waals surface area contributed by atoms with Crippen molar-refractivity contribution in [3.05, 3.63) is 33.0 Å². The van der Waals surface area contributed by atoms with Crippen molar-refractivity contribution in [2.45, 2.75) is 13.8 Å². The second-order valence-corrected chi connectivity index (χ2v) is 6.00. The third kappa shape index (κ3) is 1.78. The quantitative estimate of drug-likeness (QED) is 0.662. The van der Waals surface area contributed by atoms with Crippen LogP contribution in [-0.4, -0.2) is 0 Å². The van der Waals surface area contributed by atoms with Crippen LogP contribution in [0.5, 0.6) is 0 Å². The van der Waals surface area contributed by atoms with Crippen LogP contribution < -0.4 is 0 Å². The smallest absolute Gasteiger partial charge is 0.0614 e. The summed E-state index contributed by atoms with van der Waals surface area (Å²) in [5.74, 6) is 5.45. The van der Waals surface area contributed by atoms with Gasteiger partial charge in [-0.3, -0.25) is 0 Å². The number of hydrogen-bond donors (Lipinski definition) is 0. The molecule has 0 aromatic carbocycles. The molecular formula is C14H10S2. The van der Waals surface area contributed by atoms with Crippen LogP contribution in [0.15, 0.2) is 12.1 Å². The van der Waals surface area contributed by atoms with Gasteiger partial charge in [0.2, 0.25) is 0 Å². The van der Waals surface area contributed by atoms with Crippen molar-refractivity contribution in [3.8, 4) is 34.4 Å². The molecule has 0 fully saturated rings. The van der Waals surface area contributed by atoms with Crippen molar-refractivity contribution in [2.75, 3.05) is 0 Å². The van der Waals surface area contributed by atoms with Crippen molar-refractivity contribution in [3.63, 3.8) is 0 Å². The van der Waals surface area contributed by atoms with E-state index in [9.17, 15) is 0 Å². The van der Waals surface area contributed by atoms with Gasteiger partial charge in [-0.05, 0) is 26.0 Å². The van der Waals surface area contributed by atoms with Crippen molar-refractivity contribution in [1.82, 2.24) is 0 Å². The number of thiophene rings is 2. The van der Waals surface area contributed by atoms with E-state index >= 15 is 0 Å². The average Bonchev–Trinajstić information content (AvgIpc) is 2.80. The van der Waals surface area contributed by atoms with Gasteiger partial charge in [0, 0.05) is 20.9 Å². The Labute approximate surface area is 104 Å². The molecule has 0 atom stereocenters. The highest BCUT2D eigenvalue weighted by molar-refractivity contribution is 7.22. The Morgan fingerprint density at radius 2 is 1.25 bits per heavy atom. The third-order valence-electron chi connectivity index (χ3n) is 2.23. The normalized spacial score (nSPS) is 9.75. The second kappa shape index (κ2) is 4.18. The van der Waals surface area contributed by atoms with Gasteiger partial charge in [-0.2, -0.15) is 0 Å². The monoisotopic (exact) mass is 242 g/mol. The Kier molecular flexibility index (Phi) is 2.88. The van der Waals surface area contributed by atoms with Gasteiger partial charge < -0.3 is 0 Å². The highest BCUT2D eigenvalue weighted by Gasteiger charge is 2.13. The minimum Gasteiger partial charge on any atom is -0.138 e. The van der Waals surface area contributed by atoms with E-state index in [1.165, 1.54) is 9.75 Å². The summed E-state index contributed by atoms with van der Waals surface area (Å²) in [6.45, 7) is 4.12. The van der Waals surface area contributed by atoms with E-state index < -0.39 is 0 Å². The lowest BCUT2D eigenvalue weighted by Gasteiger charge is -1.95. The molecule has 2 heteroatoms. The lowest BCUT2D eigenvalue weighted by Crippen LogP contribution is -1.75. The lowest BCUT2D eigenvalue weighted by molar-refractivity contribution is 1.62. The average molecular weight is 242 g/mol. The molecule has 0 amide bonds. The van der Waals surface area contributed by atoms with E-state index in [0.717, 1.165) is 20.9 Å². The SMILES string of the molecule is C#Cc1cc(C)sc1-c1sc(C)cc1C#C. The molecule has 2 rings (SSSR count). The van der Waals surface area contributed by atoms with Gasteiger partial charge in [0.05, 0.1) is 9.75 Å². The van der Waals surface area contributed by atoms with Gasteiger partial charge in [0.15, 0.2) is 0 Å². The Morgan fingerprint density at radius 3 is 1.56 bits per heavy atom. The van der Waals surface area contributed by atoms with Crippen molar-refractivity contribution >= 4 is 22.7 Å². The highest BCUT2D eigenvalue weighted by Crippen LogP contribution is 2.39. The van der Waals surface area contributed by atoms with Crippen LogP contribution in [0.1, 0.15) is 20.9 Å². The Bertz CT molecular complexity index is 556. The van der Waals surface area contributed by atoms with Gasteiger partial charge in [-0.25, -0.2) is 0 Å². The molecule has 0 aliphatic rings. The van der Waals surface area contributed by atoms with Gasteiger partial charge in [-0.15, -0.1) is 35.5 Å². The molecule has 0 spiro atoms. The highest BCUT2D eigenvalue weighted by atomic mass is 32.1. The molecule has 0 aliphatic carbocycles. The minimum absolute atomic E-state index is 0.945. The Balaban J connectivity index is 2.68. The van der Waals surface area contributed by atoms with Crippen LogP contribution >= 0.6 is 22.7 Å². The molecule has 2 aromatic rings. The molecule has 0 unspecified atom stereocenters. The number of aryl methyl sites for hydroxylation is 2. The largest absolute Gasteiger partial charge is 0.138 e. The van der Waals surface area contributed by atoms with Crippen LogP contribution in [0, 0.1) is 38.5 Å². The third-order valence-corrected chi connectivity index (χ3v) is 4.49. The molecule has 2 aromatic heterocycles. The Morgan fingerprint density at radius 1 is 0.875 bits per heavy atom. The molecule has 16 heavy (non-hydrogen) atoms. The molecular weight excluding hydrogens is 232 g/mol. The fourth-order valence-electron chi connectivity index (χ4n) is 1.58. The zero-order valence-corrected chi connectivity index (χ0v) is 10.8. The molecule has 0 bridgehead atoms. The maximum Gasteiger partial charge on any atom is 0.0614 e. The van der Waals surface area contributed by atoms with Crippen LogP contribution in [0.4, 0.5) is 0 Å². The minimum atomic E-state index is 0.945. The maximum atomic E-state index is 5.51. The summed E-state index contributed by atoms with van der Waals surface area (Å²) in [6.07, 6.45) is 11.0. The first-order valence-corrected chi connectivity index (χ1v) is 6.43. The van der Waals surface area contributed by atoms with Gasteiger partial charge in [-0.1, -0.05) is 11.8 Å². The summed E-state index contributed by atoms with van der Waals surface area (Å²) in [5.41, 5.74) is 1.89. The van der Waals surface area contributed by atoms with Crippen molar-refractivity contribution < 1.29 is 0 Å². The standard InChI is InChI=1S/C14H10S2/c1-5-11-7-9(3)15-13(11)14-12(6-2)8-10(4)16-14/h1-2,7-8H,3-4H3. The van der Waals surface area contributed by atoms with Crippen LogP contribution in [0.3, 0.4) is 0 Å². The van der Waals surface area contributed by atoms with E-state index in [1.54, 1.807) is 22.7 Å². The van der Waals surface area contributed by atoms with Crippen LogP contribution in [0.25, 0.3) is 9.75 Å². The fourth-order valence-corrected chi connectivity index (χ4v) is 3.69. The first kappa shape index (κ1) is 11.0. The molecule has 0 radical (unpaired) electrons. The maximum absolute atomic E-state index is 5.51. The molecule has 2 heterocycles. The molecule has 0 saturated carbocycles. The molecule has 0 saturated heterocycles. The van der Waals surface area contributed by atoms with Crippen LogP contribution in [0.2, 0.25) is 0 Å². The summed E-state index contributed by atoms with van der Waals surface area (Å²) in [7, 11) is 0. The zero-order valence-electron chi connectivity index (χ0n) is 9.13. The predicted octanol–water partition coefficient (Wildman–Crippen LogP) is 4.06. The second-order valence-electron chi connectivity index (χ2n) is 3.49. The summed E-state index contributed by atoms with van der Waals surface area (Å²) >= 11 is 3.41. The van der Waals surface area contributed by atoms with Gasteiger partial charge >= 0.3 is 0 Å². The number of terminal acetylenes is 2. The van der Waals surface area contributed by atoms with E-state index in [2.05, 4.69) is 25.7 Å². The summed E-state index contributed by atoms with van der Waals surface area (Å²) in [5, 5.41) is 0. The number of rotatable bonds is 1. The first-order chi connectivity index (χ1) is 7.65. The zero-order chi connectivity index (χ0) is 11.7. The van der Waals surface area contributed by atoms with E-state index in [-0.39, 0.29) is 0 Å². The van der Waals surface area contributed by atoms with Gasteiger partial charge in [0.25, 0.3) is 0 Å². The first-order valence-electron chi connectivity index (χ1n) is 4.80. The molecule has 0 nitrogen and oxygen atoms in total. The summed E-state index contributed by atoms with van der Waals surface area (Å²) < 4.78 is 0. The van der Waals surface area contributed by atoms with Crippen molar-refractivity contribution in [2.24, 2.45) is 0 Å². The summed E-state index contributed by atoms with van der Waals surface area (Å²) in [4.78, 5) is 4.70. The summed E-state index contributed by atoms with van der Waals surface area (Å²) in [6, 6.07) is 4.07. The molecule has 0 N–H and O–H groups in total. The molecule has 78 valence electrons. The van der Waals surface area contributed by atoms with E-state index in [1.807, 2.05) is 12.1 Å². The molecule has 0 aliphatic heterocycles. The Hall–Kier alpha value is -1.48. The van der Waals surface area contributed by atoms with Crippen LogP contribution in [-0.2, 0) is 0 Å².